The number of amides is 1. The summed E-state index contributed by atoms with van der Waals surface area (Å²) in [6.45, 7) is 3.27. The van der Waals surface area contributed by atoms with Gasteiger partial charge in [-0.25, -0.2) is 4.39 Å². The molecule has 2 rings (SSSR count). The Balaban J connectivity index is 2.07. The molecule has 0 aromatic carbocycles. The summed E-state index contributed by atoms with van der Waals surface area (Å²) in [7, 11) is 0. The summed E-state index contributed by atoms with van der Waals surface area (Å²) >= 11 is 0. The van der Waals surface area contributed by atoms with E-state index in [1.807, 2.05) is 6.92 Å². The Morgan fingerprint density at radius 1 is 1.65 bits per heavy atom. The van der Waals surface area contributed by atoms with Crippen molar-refractivity contribution in [1.82, 2.24) is 9.88 Å². The number of hydrogen-bond acceptors (Lipinski definition) is 3. The molecule has 2 heterocycles. The Bertz CT molecular complexity index is 422. The summed E-state index contributed by atoms with van der Waals surface area (Å²) in [5.41, 5.74) is 6.11. The lowest BCUT2D eigenvalue weighted by molar-refractivity contribution is 0.0785. The van der Waals surface area contributed by atoms with E-state index in [0.717, 1.165) is 12.6 Å². The minimum atomic E-state index is -0.487. The number of pyridine rings is 1. The van der Waals surface area contributed by atoms with Crippen LogP contribution in [-0.4, -0.2) is 34.9 Å². The van der Waals surface area contributed by atoms with E-state index in [1.54, 1.807) is 4.90 Å². The Hall–Kier alpha value is -1.49. The van der Waals surface area contributed by atoms with Gasteiger partial charge in [0.1, 0.15) is 5.82 Å². The number of carbonyl (C=O) groups is 1. The maximum absolute atomic E-state index is 13.0. The van der Waals surface area contributed by atoms with Gasteiger partial charge in [-0.05, 0) is 25.3 Å². The number of carbonyl (C=O) groups excluding carboxylic acids is 1. The van der Waals surface area contributed by atoms with Crippen molar-refractivity contribution in [3.8, 4) is 0 Å². The van der Waals surface area contributed by atoms with E-state index in [9.17, 15) is 9.18 Å². The zero-order valence-corrected chi connectivity index (χ0v) is 9.77. The van der Waals surface area contributed by atoms with Crippen LogP contribution in [0.5, 0.6) is 0 Å². The minimum Gasteiger partial charge on any atom is -0.338 e. The van der Waals surface area contributed by atoms with Crippen LogP contribution in [0.25, 0.3) is 0 Å². The summed E-state index contributed by atoms with van der Waals surface area (Å²) < 4.78 is 13.0. The Morgan fingerprint density at radius 2 is 2.41 bits per heavy atom. The first-order valence-electron chi connectivity index (χ1n) is 5.73. The second kappa shape index (κ2) is 4.79. The normalized spacial score (nSPS) is 21.6. The molecule has 1 saturated heterocycles. The fraction of sp³-hybridized carbons (Fsp3) is 0.500. The smallest absolute Gasteiger partial charge is 0.255 e. The maximum atomic E-state index is 13.0. The number of nitrogens with two attached hydrogens (primary N) is 1. The summed E-state index contributed by atoms with van der Waals surface area (Å²) in [5.74, 6) is -0.320. The van der Waals surface area contributed by atoms with Gasteiger partial charge in [-0.2, -0.15) is 0 Å². The summed E-state index contributed by atoms with van der Waals surface area (Å²) in [6, 6.07) is 1.30. The van der Waals surface area contributed by atoms with Gasteiger partial charge in [0.25, 0.3) is 5.91 Å². The fourth-order valence-electron chi connectivity index (χ4n) is 2.11. The van der Waals surface area contributed by atoms with Crippen molar-refractivity contribution in [3.63, 3.8) is 0 Å². The maximum Gasteiger partial charge on any atom is 0.255 e. The molecule has 0 radical (unpaired) electrons. The van der Waals surface area contributed by atoms with Crippen molar-refractivity contribution < 1.29 is 9.18 Å². The first-order chi connectivity index (χ1) is 8.08. The van der Waals surface area contributed by atoms with Crippen molar-refractivity contribution in [1.29, 1.82) is 0 Å². The summed E-state index contributed by atoms with van der Waals surface area (Å²) in [4.78, 5) is 17.4. The van der Waals surface area contributed by atoms with Crippen LogP contribution in [0, 0.1) is 11.7 Å². The molecule has 2 N–H and O–H groups in total. The summed E-state index contributed by atoms with van der Waals surface area (Å²) in [6.07, 6.45) is 3.39. The Morgan fingerprint density at radius 3 is 3.00 bits per heavy atom. The third-order valence-electron chi connectivity index (χ3n) is 3.21. The van der Waals surface area contributed by atoms with E-state index in [0.29, 0.717) is 24.6 Å². The molecule has 1 amide bonds. The van der Waals surface area contributed by atoms with Crippen LogP contribution in [0.15, 0.2) is 18.5 Å². The lowest BCUT2D eigenvalue weighted by Crippen LogP contribution is -2.33. The van der Waals surface area contributed by atoms with Crippen LogP contribution in [0.1, 0.15) is 23.7 Å². The minimum absolute atomic E-state index is 0.0819. The van der Waals surface area contributed by atoms with Gasteiger partial charge in [0.15, 0.2) is 0 Å². The molecule has 92 valence electrons. The first-order valence-corrected chi connectivity index (χ1v) is 5.73. The molecule has 1 aliphatic rings. The molecule has 0 aliphatic carbocycles. The van der Waals surface area contributed by atoms with E-state index in [1.165, 1.54) is 12.3 Å². The van der Waals surface area contributed by atoms with Crippen molar-refractivity contribution in [2.75, 3.05) is 13.1 Å². The predicted molar refractivity (Wildman–Crippen MR) is 61.9 cm³/mol. The van der Waals surface area contributed by atoms with Crippen LogP contribution in [0.4, 0.5) is 4.39 Å². The highest BCUT2D eigenvalue weighted by Crippen LogP contribution is 2.20. The monoisotopic (exact) mass is 237 g/mol. The fourth-order valence-corrected chi connectivity index (χ4v) is 2.11. The molecule has 17 heavy (non-hydrogen) atoms. The molecule has 4 nitrogen and oxygen atoms in total. The molecular formula is C12H16FN3O. The van der Waals surface area contributed by atoms with Gasteiger partial charge in [-0.15, -0.1) is 0 Å². The van der Waals surface area contributed by atoms with Crippen molar-refractivity contribution in [2.24, 2.45) is 11.7 Å². The van der Waals surface area contributed by atoms with Gasteiger partial charge in [-0.1, -0.05) is 0 Å². The number of hydrogen-bond donors (Lipinski definition) is 1. The molecule has 1 fully saturated rings. The van der Waals surface area contributed by atoms with Crippen molar-refractivity contribution in [3.05, 3.63) is 29.8 Å². The second-order valence-electron chi connectivity index (χ2n) is 4.55. The highest BCUT2D eigenvalue weighted by atomic mass is 19.1. The number of halogens is 1. The van der Waals surface area contributed by atoms with E-state index in [2.05, 4.69) is 4.98 Å². The van der Waals surface area contributed by atoms with Crippen LogP contribution >= 0.6 is 0 Å². The quantitative estimate of drug-likeness (QED) is 0.835. The largest absolute Gasteiger partial charge is 0.338 e. The van der Waals surface area contributed by atoms with Crippen LogP contribution < -0.4 is 5.73 Å². The molecule has 0 bridgehead atoms. The zero-order chi connectivity index (χ0) is 12.4. The SMILES string of the molecule is CC(N)C1CCN(C(=O)c2cncc(F)c2)C1. The Kier molecular flexibility index (Phi) is 3.38. The number of likely N-dealkylation sites (tertiary alicyclic amines) is 1. The van der Waals surface area contributed by atoms with E-state index >= 15 is 0 Å². The van der Waals surface area contributed by atoms with E-state index in [-0.39, 0.29) is 11.9 Å². The Labute approximate surface area is 99.6 Å². The molecule has 1 aliphatic heterocycles. The van der Waals surface area contributed by atoms with E-state index in [4.69, 9.17) is 5.73 Å². The summed E-state index contributed by atoms with van der Waals surface area (Å²) in [5, 5.41) is 0. The predicted octanol–water partition coefficient (Wildman–Crippen LogP) is 1.03. The van der Waals surface area contributed by atoms with Gasteiger partial charge in [0.05, 0.1) is 11.8 Å². The first kappa shape index (κ1) is 12.0. The number of nitrogens with zero attached hydrogens (tertiary/aromatic N) is 2. The molecule has 2 atom stereocenters. The van der Waals surface area contributed by atoms with Crippen LogP contribution in [0.3, 0.4) is 0 Å². The van der Waals surface area contributed by atoms with Crippen molar-refractivity contribution in [2.45, 2.75) is 19.4 Å². The third-order valence-corrected chi connectivity index (χ3v) is 3.21. The lowest BCUT2D eigenvalue weighted by Gasteiger charge is -2.18. The van der Waals surface area contributed by atoms with Crippen molar-refractivity contribution >= 4 is 5.91 Å². The average Bonchev–Trinajstić information content (AvgIpc) is 2.77. The zero-order valence-electron chi connectivity index (χ0n) is 9.77. The van der Waals surface area contributed by atoms with Crippen LogP contribution in [-0.2, 0) is 0 Å². The topological polar surface area (TPSA) is 59.2 Å². The highest BCUT2D eigenvalue weighted by Gasteiger charge is 2.29. The molecular weight excluding hydrogens is 221 g/mol. The molecule has 0 saturated carbocycles. The molecule has 1 aromatic heterocycles. The lowest BCUT2D eigenvalue weighted by atomic mass is 10.0. The standard InChI is InChI=1S/C12H16FN3O/c1-8(14)9-2-3-16(7-9)12(17)10-4-11(13)6-15-5-10/h4-6,8-9H,2-3,7,14H2,1H3. The highest BCUT2D eigenvalue weighted by molar-refractivity contribution is 5.94. The molecule has 1 aromatic rings. The van der Waals surface area contributed by atoms with Gasteiger partial charge in [0, 0.05) is 25.3 Å². The van der Waals surface area contributed by atoms with Crippen LogP contribution in [0.2, 0.25) is 0 Å². The molecule has 0 spiro atoms. The third kappa shape index (κ3) is 2.61. The van der Waals surface area contributed by atoms with Gasteiger partial charge >= 0.3 is 0 Å². The number of aromatic nitrogens is 1. The van der Waals surface area contributed by atoms with Gasteiger partial charge in [0.2, 0.25) is 0 Å². The second-order valence-corrected chi connectivity index (χ2v) is 4.55. The molecule has 2 unspecified atom stereocenters. The number of rotatable bonds is 2. The molecule has 5 heteroatoms. The van der Waals surface area contributed by atoms with Gasteiger partial charge < -0.3 is 10.6 Å². The van der Waals surface area contributed by atoms with Gasteiger partial charge in [-0.3, -0.25) is 9.78 Å². The van der Waals surface area contributed by atoms with E-state index < -0.39 is 5.82 Å². The average molecular weight is 237 g/mol.